The van der Waals surface area contributed by atoms with Gasteiger partial charge in [-0.1, -0.05) is 48.0 Å². The molecule has 202 valence electrons. The van der Waals surface area contributed by atoms with Crippen LogP contribution in [-0.4, -0.2) is 35.6 Å². The molecular formula is C27H20ClF3N2O5S. The number of carbonyl (C=O) groups is 3. The molecule has 1 fully saturated rings. The van der Waals surface area contributed by atoms with Crippen molar-refractivity contribution in [2.75, 3.05) is 19.0 Å². The first-order valence-corrected chi connectivity index (χ1v) is 12.5. The summed E-state index contributed by atoms with van der Waals surface area (Å²) in [5.74, 6) is -0.949. The first kappa shape index (κ1) is 28.1. The van der Waals surface area contributed by atoms with Crippen LogP contribution in [0.1, 0.15) is 16.7 Å². The predicted octanol–water partition coefficient (Wildman–Crippen LogP) is 6.62. The van der Waals surface area contributed by atoms with E-state index < -0.39 is 35.3 Å². The van der Waals surface area contributed by atoms with Gasteiger partial charge < -0.3 is 14.8 Å². The summed E-state index contributed by atoms with van der Waals surface area (Å²) in [5.41, 5.74) is 0.307. The van der Waals surface area contributed by atoms with E-state index in [4.69, 9.17) is 21.1 Å². The van der Waals surface area contributed by atoms with Crippen LogP contribution in [0.4, 0.5) is 23.7 Å². The van der Waals surface area contributed by atoms with E-state index in [0.717, 1.165) is 23.8 Å². The quantitative estimate of drug-likeness (QED) is 0.303. The predicted molar refractivity (Wildman–Crippen MR) is 142 cm³/mol. The molecule has 0 spiro atoms. The smallest absolute Gasteiger partial charge is 0.416 e. The first-order valence-electron chi connectivity index (χ1n) is 11.3. The monoisotopic (exact) mass is 576 g/mol. The third-order valence-corrected chi connectivity index (χ3v) is 6.61. The lowest BCUT2D eigenvalue weighted by molar-refractivity contribution is -0.137. The van der Waals surface area contributed by atoms with E-state index >= 15 is 0 Å². The molecule has 0 unspecified atom stereocenters. The Balaban J connectivity index is 1.45. The van der Waals surface area contributed by atoms with Crippen molar-refractivity contribution in [3.8, 4) is 11.5 Å². The fourth-order valence-electron chi connectivity index (χ4n) is 3.60. The molecule has 39 heavy (non-hydrogen) atoms. The van der Waals surface area contributed by atoms with E-state index in [-0.39, 0.29) is 22.2 Å². The summed E-state index contributed by atoms with van der Waals surface area (Å²) in [6, 6.07) is 16.6. The molecule has 7 nitrogen and oxygen atoms in total. The Morgan fingerprint density at radius 1 is 1.08 bits per heavy atom. The molecule has 0 aliphatic carbocycles. The van der Waals surface area contributed by atoms with Crippen LogP contribution in [0.2, 0.25) is 5.02 Å². The number of ether oxygens (including phenoxy) is 2. The summed E-state index contributed by atoms with van der Waals surface area (Å²) in [4.78, 5) is 38.4. The second kappa shape index (κ2) is 11.8. The van der Waals surface area contributed by atoms with Gasteiger partial charge >= 0.3 is 6.18 Å². The summed E-state index contributed by atoms with van der Waals surface area (Å²) in [7, 11) is 1.43. The number of alkyl halides is 3. The zero-order valence-corrected chi connectivity index (χ0v) is 21.8. The minimum atomic E-state index is -4.59. The fourth-order valence-corrected chi connectivity index (χ4v) is 4.71. The summed E-state index contributed by atoms with van der Waals surface area (Å²) < 4.78 is 50.0. The zero-order chi connectivity index (χ0) is 28.2. The molecule has 0 bridgehead atoms. The second-order valence-corrected chi connectivity index (χ2v) is 9.60. The first-order chi connectivity index (χ1) is 18.5. The number of hydrogen-bond donors (Lipinski definition) is 1. The van der Waals surface area contributed by atoms with Crippen LogP contribution < -0.4 is 14.8 Å². The standard InChI is InChI=1S/C27H20ClF3N2O5S/c1-37-21-11-17(10-20(28)24(21)38-15-16-6-3-2-4-7-16)12-22-25(35)33(26(36)39-22)14-23(34)32-19-9-5-8-18(13-19)27(29,30)31/h2-13H,14-15H2,1H3,(H,32,34)/b22-12-. The highest BCUT2D eigenvalue weighted by Gasteiger charge is 2.36. The molecule has 4 rings (SSSR count). The molecule has 0 radical (unpaired) electrons. The van der Waals surface area contributed by atoms with Crippen LogP contribution >= 0.6 is 23.4 Å². The summed E-state index contributed by atoms with van der Waals surface area (Å²) in [5, 5.41) is 1.79. The number of nitrogens with one attached hydrogen (secondary N) is 1. The number of amides is 3. The normalized spacial score (nSPS) is 14.6. The highest BCUT2D eigenvalue weighted by Crippen LogP contribution is 2.39. The number of methoxy groups -OCH3 is 1. The molecule has 1 N–H and O–H groups in total. The Morgan fingerprint density at radius 2 is 1.82 bits per heavy atom. The largest absolute Gasteiger partial charge is 0.493 e. The van der Waals surface area contributed by atoms with Gasteiger partial charge in [0.1, 0.15) is 13.2 Å². The van der Waals surface area contributed by atoms with Crippen molar-refractivity contribution in [1.29, 1.82) is 0 Å². The number of thioether (sulfide) groups is 1. The van der Waals surface area contributed by atoms with Crippen LogP contribution in [0.15, 0.2) is 71.6 Å². The SMILES string of the molecule is COc1cc(/C=C2\SC(=O)N(CC(=O)Nc3cccc(C(F)(F)F)c3)C2=O)cc(Cl)c1OCc1ccccc1. The van der Waals surface area contributed by atoms with E-state index in [0.29, 0.717) is 33.7 Å². The Labute approximate surface area is 230 Å². The van der Waals surface area contributed by atoms with Crippen LogP contribution in [0, 0.1) is 0 Å². The zero-order valence-electron chi connectivity index (χ0n) is 20.3. The topological polar surface area (TPSA) is 84.9 Å². The fraction of sp³-hybridized carbons (Fsp3) is 0.148. The Morgan fingerprint density at radius 3 is 2.51 bits per heavy atom. The molecular weight excluding hydrogens is 557 g/mol. The Kier molecular flexibility index (Phi) is 8.51. The number of imide groups is 1. The number of benzene rings is 3. The van der Waals surface area contributed by atoms with E-state index in [1.807, 2.05) is 30.3 Å². The number of nitrogens with zero attached hydrogens (tertiary/aromatic N) is 1. The van der Waals surface area contributed by atoms with Gasteiger partial charge in [-0.2, -0.15) is 13.2 Å². The van der Waals surface area contributed by atoms with Gasteiger partial charge in [0, 0.05) is 5.69 Å². The van der Waals surface area contributed by atoms with Crippen LogP contribution in [0.25, 0.3) is 6.08 Å². The number of carbonyl (C=O) groups excluding carboxylic acids is 3. The highest BCUT2D eigenvalue weighted by atomic mass is 35.5. The Hall–Kier alpha value is -3.96. The molecule has 0 saturated carbocycles. The van der Waals surface area contributed by atoms with Gasteiger partial charge in [-0.3, -0.25) is 19.3 Å². The van der Waals surface area contributed by atoms with Gasteiger partial charge in [0.15, 0.2) is 11.5 Å². The molecule has 1 saturated heterocycles. The summed E-state index contributed by atoms with van der Waals surface area (Å²) in [6.45, 7) is -0.424. The van der Waals surface area contributed by atoms with E-state index in [9.17, 15) is 27.6 Å². The van der Waals surface area contributed by atoms with E-state index in [2.05, 4.69) is 5.32 Å². The molecule has 1 heterocycles. The average Bonchev–Trinajstić information content (AvgIpc) is 3.15. The van der Waals surface area contributed by atoms with Gasteiger partial charge in [-0.25, -0.2) is 0 Å². The molecule has 0 aromatic heterocycles. The van der Waals surface area contributed by atoms with E-state index in [1.165, 1.54) is 19.3 Å². The van der Waals surface area contributed by atoms with E-state index in [1.54, 1.807) is 12.1 Å². The van der Waals surface area contributed by atoms with Crippen molar-refractivity contribution in [1.82, 2.24) is 4.90 Å². The number of halogens is 4. The van der Waals surface area contributed by atoms with Crippen molar-refractivity contribution in [3.05, 3.63) is 93.3 Å². The van der Waals surface area contributed by atoms with Crippen molar-refractivity contribution in [2.24, 2.45) is 0 Å². The maximum absolute atomic E-state index is 12.9. The molecule has 12 heteroatoms. The lowest BCUT2D eigenvalue weighted by Gasteiger charge is -2.14. The van der Waals surface area contributed by atoms with Gasteiger partial charge in [-0.15, -0.1) is 0 Å². The minimum absolute atomic E-state index is 0.0305. The molecule has 3 amide bonds. The van der Waals surface area contributed by atoms with Crippen LogP contribution in [0.3, 0.4) is 0 Å². The Bertz CT molecular complexity index is 1450. The molecule has 1 aliphatic rings. The van der Waals surface area contributed by atoms with Gasteiger partial charge in [-0.05, 0) is 59.3 Å². The lowest BCUT2D eigenvalue weighted by atomic mass is 10.1. The number of hydrogen-bond acceptors (Lipinski definition) is 6. The van der Waals surface area contributed by atoms with Crippen molar-refractivity contribution in [3.63, 3.8) is 0 Å². The van der Waals surface area contributed by atoms with Crippen molar-refractivity contribution in [2.45, 2.75) is 12.8 Å². The number of rotatable bonds is 8. The molecule has 3 aromatic rings. The summed E-state index contributed by atoms with van der Waals surface area (Å²) in [6.07, 6.45) is -3.17. The van der Waals surface area contributed by atoms with Crippen LogP contribution in [0.5, 0.6) is 11.5 Å². The third-order valence-electron chi connectivity index (χ3n) is 5.42. The molecule has 3 aromatic carbocycles. The van der Waals surface area contributed by atoms with Gasteiger partial charge in [0.05, 0.1) is 22.6 Å². The maximum atomic E-state index is 12.9. The van der Waals surface area contributed by atoms with Crippen molar-refractivity contribution >= 4 is 52.2 Å². The number of anilines is 1. The van der Waals surface area contributed by atoms with Gasteiger partial charge in [0.2, 0.25) is 5.91 Å². The van der Waals surface area contributed by atoms with Gasteiger partial charge in [0.25, 0.3) is 11.1 Å². The minimum Gasteiger partial charge on any atom is -0.493 e. The molecule has 0 atom stereocenters. The third kappa shape index (κ3) is 6.92. The maximum Gasteiger partial charge on any atom is 0.416 e. The summed E-state index contributed by atoms with van der Waals surface area (Å²) >= 11 is 7.03. The lowest BCUT2D eigenvalue weighted by Crippen LogP contribution is -2.36. The second-order valence-electron chi connectivity index (χ2n) is 8.20. The van der Waals surface area contributed by atoms with Crippen molar-refractivity contribution < 1.29 is 37.0 Å². The molecule has 1 aliphatic heterocycles. The average molecular weight is 577 g/mol. The highest BCUT2D eigenvalue weighted by molar-refractivity contribution is 8.18. The van der Waals surface area contributed by atoms with Crippen LogP contribution in [-0.2, 0) is 22.4 Å².